The summed E-state index contributed by atoms with van der Waals surface area (Å²) in [4.78, 5) is 0. The zero-order chi connectivity index (χ0) is 13.8. The zero-order valence-electron chi connectivity index (χ0n) is 11.4. The molecule has 0 aliphatic heterocycles. The second-order valence-corrected chi connectivity index (χ2v) is 5.59. The lowest BCUT2D eigenvalue weighted by Gasteiger charge is -2.11. The molecule has 19 heavy (non-hydrogen) atoms. The molecule has 0 aliphatic rings. The number of aromatic nitrogens is 2. The van der Waals surface area contributed by atoms with Crippen molar-refractivity contribution in [3.8, 4) is 11.5 Å². The van der Waals surface area contributed by atoms with Crippen molar-refractivity contribution in [3.63, 3.8) is 0 Å². The molecule has 2 aromatic rings. The van der Waals surface area contributed by atoms with Crippen LogP contribution in [0.2, 0.25) is 0 Å². The van der Waals surface area contributed by atoms with Gasteiger partial charge in [-0.1, -0.05) is 35.8 Å². The van der Waals surface area contributed by atoms with E-state index in [0.717, 1.165) is 22.5 Å². The lowest BCUT2D eigenvalue weighted by molar-refractivity contribution is 0.481. The minimum Gasteiger partial charge on any atom is -0.454 e. The van der Waals surface area contributed by atoms with Gasteiger partial charge in [-0.05, 0) is 17.7 Å². The van der Waals surface area contributed by atoms with Crippen LogP contribution >= 0.6 is 15.9 Å². The van der Waals surface area contributed by atoms with Crippen LogP contribution in [0.15, 0.2) is 35.1 Å². The molecule has 1 heterocycles. The second-order valence-electron chi connectivity index (χ2n) is 4.74. The number of ether oxygens (including phenoxy) is 1. The number of nitrogens with zero attached hydrogens (tertiary/aromatic N) is 2. The summed E-state index contributed by atoms with van der Waals surface area (Å²) in [7, 11) is 1.86. The summed E-state index contributed by atoms with van der Waals surface area (Å²) in [6.07, 6.45) is 3.53. The van der Waals surface area contributed by atoms with Gasteiger partial charge in [0.2, 0.25) is 0 Å². The van der Waals surface area contributed by atoms with Gasteiger partial charge in [0, 0.05) is 24.1 Å². The van der Waals surface area contributed by atoms with Crippen LogP contribution in [0.5, 0.6) is 11.5 Å². The zero-order valence-corrected chi connectivity index (χ0v) is 12.9. The molecule has 0 bridgehead atoms. The van der Waals surface area contributed by atoms with E-state index >= 15 is 0 Å². The Morgan fingerprint density at radius 2 is 2.16 bits per heavy atom. The highest BCUT2D eigenvalue weighted by atomic mass is 79.9. The van der Waals surface area contributed by atoms with E-state index in [1.54, 1.807) is 10.9 Å². The van der Waals surface area contributed by atoms with Gasteiger partial charge in [-0.2, -0.15) is 5.10 Å². The van der Waals surface area contributed by atoms with Crippen molar-refractivity contribution >= 4 is 15.9 Å². The second kappa shape index (κ2) is 6.21. The SMILES string of the molecule is CC(C)NCc1ccc(Oc2cnn(C)c2)cc1Br. The molecule has 5 heteroatoms. The van der Waals surface area contributed by atoms with E-state index < -0.39 is 0 Å². The van der Waals surface area contributed by atoms with Crippen molar-refractivity contribution in [1.82, 2.24) is 15.1 Å². The number of benzene rings is 1. The van der Waals surface area contributed by atoms with Gasteiger partial charge >= 0.3 is 0 Å². The first-order chi connectivity index (χ1) is 9.04. The summed E-state index contributed by atoms with van der Waals surface area (Å²) in [6, 6.07) is 6.48. The topological polar surface area (TPSA) is 39.1 Å². The standard InChI is InChI=1S/C14H18BrN3O/c1-10(2)16-7-11-4-5-12(6-14(11)15)19-13-8-17-18(3)9-13/h4-6,8-10,16H,7H2,1-3H3. The number of hydrogen-bond acceptors (Lipinski definition) is 3. The molecular weight excluding hydrogens is 306 g/mol. The van der Waals surface area contributed by atoms with Gasteiger partial charge in [-0.3, -0.25) is 4.68 Å². The fraction of sp³-hybridized carbons (Fsp3) is 0.357. The minimum absolute atomic E-state index is 0.471. The normalized spacial score (nSPS) is 11.0. The van der Waals surface area contributed by atoms with Crippen LogP contribution in [0.3, 0.4) is 0 Å². The average Bonchev–Trinajstić information content (AvgIpc) is 2.73. The van der Waals surface area contributed by atoms with Crippen LogP contribution in [0.25, 0.3) is 0 Å². The molecule has 0 spiro atoms. The molecule has 0 unspecified atom stereocenters. The van der Waals surface area contributed by atoms with Crippen LogP contribution in [0.1, 0.15) is 19.4 Å². The van der Waals surface area contributed by atoms with Gasteiger partial charge in [-0.25, -0.2) is 0 Å². The maximum atomic E-state index is 5.73. The molecule has 0 atom stereocenters. The minimum atomic E-state index is 0.471. The summed E-state index contributed by atoms with van der Waals surface area (Å²) in [6.45, 7) is 5.10. The fourth-order valence-electron chi connectivity index (χ4n) is 1.64. The van der Waals surface area contributed by atoms with E-state index in [2.05, 4.69) is 46.3 Å². The van der Waals surface area contributed by atoms with Crippen LogP contribution < -0.4 is 10.1 Å². The predicted octanol–water partition coefficient (Wildman–Crippen LogP) is 3.47. The van der Waals surface area contributed by atoms with E-state index in [0.29, 0.717) is 6.04 Å². The van der Waals surface area contributed by atoms with E-state index in [1.165, 1.54) is 5.56 Å². The Morgan fingerprint density at radius 1 is 1.37 bits per heavy atom. The van der Waals surface area contributed by atoms with Gasteiger partial charge in [0.15, 0.2) is 5.75 Å². The third-order valence-corrected chi connectivity index (χ3v) is 3.38. The Morgan fingerprint density at radius 3 is 2.74 bits per heavy atom. The third kappa shape index (κ3) is 4.08. The van der Waals surface area contributed by atoms with E-state index in [1.807, 2.05) is 25.4 Å². The monoisotopic (exact) mass is 323 g/mol. The first-order valence-corrected chi connectivity index (χ1v) is 7.02. The van der Waals surface area contributed by atoms with Gasteiger partial charge in [-0.15, -0.1) is 0 Å². The molecule has 1 N–H and O–H groups in total. The van der Waals surface area contributed by atoms with Crippen LogP contribution in [0, 0.1) is 0 Å². The number of halogens is 1. The molecule has 0 saturated carbocycles. The molecule has 0 saturated heterocycles. The van der Waals surface area contributed by atoms with Crippen molar-refractivity contribution in [1.29, 1.82) is 0 Å². The third-order valence-electron chi connectivity index (χ3n) is 2.64. The molecular formula is C14H18BrN3O. The van der Waals surface area contributed by atoms with Crippen LogP contribution in [-0.2, 0) is 13.6 Å². The van der Waals surface area contributed by atoms with Crippen LogP contribution in [-0.4, -0.2) is 15.8 Å². The number of hydrogen-bond donors (Lipinski definition) is 1. The first kappa shape index (κ1) is 14.1. The fourth-order valence-corrected chi connectivity index (χ4v) is 2.13. The molecule has 0 radical (unpaired) electrons. The first-order valence-electron chi connectivity index (χ1n) is 6.23. The molecule has 1 aromatic heterocycles. The van der Waals surface area contributed by atoms with E-state index in [4.69, 9.17) is 4.74 Å². The Kier molecular flexibility index (Phi) is 4.61. The maximum Gasteiger partial charge on any atom is 0.165 e. The van der Waals surface area contributed by atoms with Gasteiger partial charge in [0.1, 0.15) is 5.75 Å². The Labute approximate surface area is 121 Å². The van der Waals surface area contributed by atoms with Crippen molar-refractivity contribution in [2.75, 3.05) is 0 Å². The number of nitrogens with one attached hydrogen (secondary N) is 1. The quantitative estimate of drug-likeness (QED) is 0.915. The number of aryl methyl sites for hydroxylation is 1. The van der Waals surface area contributed by atoms with Gasteiger partial charge in [0.05, 0.1) is 12.4 Å². The molecule has 1 aromatic carbocycles. The van der Waals surface area contributed by atoms with Crippen molar-refractivity contribution in [2.45, 2.75) is 26.4 Å². The van der Waals surface area contributed by atoms with E-state index in [-0.39, 0.29) is 0 Å². The van der Waals surface area contributed by atoms with E-state index in [9.17, 15) is 0 Å². The molecule has 0 fully saturated rings. The van der Waals surface area contributed by atoms with Gasteiger partial charge in [0.25, 0.3) is 0 Å². The van der Waals surface area contributed by atoms with Gasteiger partial charge < -0.3 is 10.1 Å². The predicted molar refractivity (Wildman–Crippen MR) is 79.4 cm³/mol. The number of rotatable bonds is 5. The summed E-state index contributed by atoms with van der Waals surface area (Å²) in [5.74, 6) is 1.54. The largest absolute Gasteiger partial charge is 0.454 e. The van der Waals surface area contributed by atoms with Crippen molar-refractivity contribution in [2.24, 2.45) is 7.05 Å². The summed E-state index contributed by atoms with van der Waals surface area (Å²) < 4.78 is 8.48. The molecule has 0 aliphatic carbocycles. The highest BCUT2D eigenvalue weighted by Crippen LogP contribution is 2.26. The summed E-state index contributed by atoms with van der Waals surface area (Å²) >= 11 is 3.57. The summed E-state index contributed by atoms with van der Waals surface area (Å²) in [5, 5.41) is 7.46. The van der Waals surface area contributed by atoms with Crippen molar-refractivity contribution in [3.05, 3.63) is 40.6 Å². The molecule has 4 nitrogen and oxygen atoms in total. The summed E-state index contributed by atoms with van der Waals surface area (Å²) in [5.41, 5.74) is 1.22. The lowest BCUT2D eigenvalue weighted by Crippen LogP contribution is -2.21. The smallest absolute Gasteiger partial charge is 0.165 e. The average molecular weight is 324 g/mol. The Bertz CT molecular complexity index is 551. The Balaban J connectivity index is 2.06. The van der Waals surface area contributed by atoms with Crippen LogP contribution in [0.4, 0.5) is 0 Å². The highest BCUT2D eigenvalue weighted by molar-refractivity contribution is 9.10. The maximum absolute atomic E-state index is 5.73. The molecule has 102 valence electrons. The highest BCUT2D eigenvalue weighted by Gasteiger charge is 2.05. The molecule has 2 rings (SSSR count). The molecule has 0 amide bonds. The lowest BCUT2D eigenvalue weighted by atomic mass is 10.2. The Hall–Kier alpha value is -1.33. The van der Waals surface area contributed by atoms with Crippen molar-refractivity contribution < 1.29 is 4.74 Å².